The Balaban J connectivity index is 1.86. The minimum atomic E-state index is -0.597. The number of hydrogen-bond acceptors (Lipinski definition) is 4. The summed E-state index contributed by atoms with van der Waals surface area (Å²) in [6.45, 7) is 8.52. The van der Waals surface area contributed by atoms with E-state index in [1.54, 1.807) is 11.8 Å². The number of carbonyl (C=O) groups excluding carboxylic acids is 3. The van der Waals surface area contributed by atoms with Crippen molar-refractivity contribution < 1.29 is 19.1 Å². The molecule has 1 heterocycles. The molecule has 1 fully saturated rings. The van der Waals surface area contributed by atoms with Crippen molar-refractivity contribution in [3.63, 3.8) is 0 Å². The first kappa shape index (κ1) is 21.9. The number of rotatable bonds is 6. The fraction of sp³-hybridized carbons (Fsp3) is 0.591. The molecule has 1 aromatic rings. The first-order valence-corrected chi connectivity index (χ1v) is 10.0. The summed E-state index contributed by atoms with van der Waals surface area (Å²) < 4.78 is 5.40. The Morgan fingerprint density at radius 1 is 1.14 bits per heavy atom. The quantitative estimate of drug-likeness (QED) is 0.803. The topological polar surface area (TPSA) is 75.7 Å². The summed E-state index contributed by atoms with van der Waals surface area (Å²) in [6, 6.07) is 8.74. The molecule has 1 aliphatic heterocycles. The van der Waals surface area contributed by atoms with Crippen LogP contribution in [0.3, 0.4) is 0 Å². The molecule has 1 saturated heterocycles. The van der Waals surface area contributed by atoms with E-state index in [2.05, 4.69) is 5.32 Å². The summed E-state index contributed by atoms with van der Waals surface area (Å²) in [5.41, 5.74) is 0.300. The van der Waals surface area contributed by atoms with Crippen LogP contribution in [0.15, 0.2) is 30.3 Å². The van der Waals surface area contributed by atoms with Crippen molar-refractivity contribution in [2.24, 2.45) is 5.92 Å². The number of amides is 2. The number of piperidine rings is 1. The molecule has 1 unspecified atom stereocenters. The van der Waals surface area contributed by atoms with E-state index in [4.69, 9.17) is 4.74 Å². The molecule has 0 spiro atoms. The number of likely N-dealkylation sites (tertiary alicyclic amines) is 1. The van der Waals surface area contributed by atoms with Crippen molar-refractivity contribution in [3.8, 4) is 0 Å². The lowest BCUT2D eigenvalue weighted by Crippen LogP contribution is -2.42. The first-order valence-electron chi connectivity index (χ1n) is 10.0. The molecule has 1 atom stereocenters. The van der Waals surface area contributed by atoms with E-state index in [0.29, 0.717) is 25.9 Å². The number of nitrogens with zero attached hydrogens (tertiary/aromatic N) is 1. The highest BCUT2D eigenvalue weighted by Gasteiger charge is 2.29. The number of benzene rings is 1. The van der Waals surface area contributed by atoms with Crippen molar-refractivity contribution in [1.29, 1.82) is 0 Å². The molecule has 0 radical (unpaired) electrons. The SMILES string of the molecule is CCC(=O)C(NC(=O)CC1CCN(C(=O)OC(C)(C)C)CC1)c1ccccc1. The highest BCUT2D eigenvalue weighted by atomic mass is 16.6. The van der Waals surface area contributed by atoms with E-state index in [0.717, 1.165) is 18.4 Å². The number of Topliss-reactive ketones (excluding diaryl/α,β-unsaturated/α-hetero) is 1. The van der Waals surface area contributed by atoms with E-state index in [1.165, 1.54) is 0 Å². The van der Waals surface area contributed by atoms with Gasteiger partial charge in [0.1, 0.15) is 11.6 Å². The number of hydrogen-bond donors (Lipinski definition) is 1. The third-order valence-electron chi connectivity index (χ3n) is 4.85. The second-order valence-electron chi connectivity index (χ2n) is 8.35. The maximum absolute atomic E-state index is 12.5. The molecular weight excluding hydrogens is 356 g/mol. The Morgan fingerprint density at radius 2 is 1.75 bits per heavy atom. The molecule has 154 valence electrons. The zero-order valence-corrected chi connectivity index (χ0v) is 17.4. The van der Waals surface area contributed by atoms with E-state index in [9.17, 15) is 14.4 Å². The molecular formula is C22H32N2O4. The Kier molecular flexibility index (Phi) is 7.61. The summed E-state index contributed by atoms with van der Waals surface area (Å²) in [5, 5.41) is 2.90. The number of ether oxygens (including phenoxy) is 1. The molecule has 6 heteroatoms. The van der Waals surface area contributed by atoms with Crippen LogP contribution in [-0.2, 0) is 14.3 Å². The van der Waals surface area contributed by atoms with Gasteiger partial charge in [0.05, 0.1) is 0 Å². The van der Waals surface area contributed by atoms with Gasteiger partial charge in [-0.05, 0) is 45.1 Å². The van der Waals surface area contributed by atoms with Crippen LogP contribution in [-0.4, -0.2) is 41.4 Å². The number of carbonyl (C=O) groups is 3. The van der Waals surface area contributed by atoms with Crippen molar-refractivity contribution in [3.05, 3.63) is 35.9 Å². The summed E-state index contributed by atoms with van der Waals surface area (Å²) in [4.78, 5) is 38.7. The van der Waals surface area contributed by atoms with Gasteiger partial charge in [0, 0.05) is 25.9 Å². The van der Waals surface area contributed by atoms with Gasteiger partial charge in [-0.25, -0.2) is 4.79 Å². The molecule has 6 nitrogen and oxygen atoms in total. The molecule has 2 amide bonds. The van der Waals surface area contributed by atoms with Crippen LogP contribution in [0.4, 0.5) is 4.79 Å². The van der Waals surface area contributed by atoms with Gasteiger partial charge in [-0.1, -0.05) is 37.3 Å². The van der Waals surface area contributed by atoms with Crippen LogP contribution in [0.5, 0.6) is 0 Å². The van der Waals surface area contributed by atoms with Crippen molar-refractivity contribution >= 4 is 17.8 Å². The van der Waals surface area contributed by atoms with Gasteiger partial charge in [-0.15, -0.1) is 0 Å². The van der Waals surface area contributed by atoms with Gasteiger partial charge in [-0.2, -0.15) is 0 Å². The van der Waals surface area contributed by atoms with Gasteiger partial charge in [-0.3, -0.25) is 9.59 Å². The highest BCUT2D eigenvalue weighted by Crippen LogP contribution is 2.23. The Labute approximate surface area is 167 Å². The van der Waals surface area contributed by atoms with Gasteiger partial charge in [0.2, 0.25) is 5.91 Å². The monoisotopic (exact) mass is 388 g/mol. The van der Waals surface area contributed by atoms with E-state index in [-0.39, 0.29) is 23.7 Å². The fourth-order valence-corrected chi connectivity index (χ4v) is 3.33. The minimum Gasteiger partial charge on any atom is -0.444 e. The second kappa shape index (κ2) is 9.71. The van der Waals surface area contributed by atoms with Gasteiger partial charge in [0.25, 0.3) is 0 Å². The molecule has 28 heavy (non-hydrogen) atoms. The third kappa shape index (κ3) is 6.66. The zero-order chi connectivity index (χ0) is 20.7. The standard InChI is InChI=1S/C22H32N2O4/c1-5-18(25)20(17-9-7-6-8-10-17)23-19(26)15-16-11-13-24(14-12-16)21(27)28-22(2,3)4/h6-10,16,20H,5,11-15H2,1-4H3,(H,23,26). The molecule has 0 saturated carbocycles. The number of nitrogens with one attached hydrogen (secondary N) is 1. The van der Waals surface area contributed by atoms with Gasteiger partial charge in [0.15, 0.2) is 5.78 Å². The summed E-state index contributed by atoms with van der Waals surface area (Å²) in [7, 11) is 0. The summed E-state index contributed by atoms with van der Waals surface area (Å²) in [5.74, 6) is 0.0810. The predicted octanol–water partition coefficient (Wildman–Crippen LogP) is 3.86. The van der Waals surface area contributed by atoms with Crippen LogP contribution >= 0.6 is 0 Å². The lowest BCUT2D eigenvalue weighted by Gasteiger charge is -2.33. The second-order valence-corrected chi connectivity index (χ2v) is 8.35. The largest absolute Gasteiger partial charge is 0.444 e. The van der Waals surface area contributed by atoms with Crippen LogP contribution in [0.1, 0.15) is 65.0 Å². The van der Waals surface area contributed by atoms with Crippen molar-refractivity contribution in [1.82, 2.24) is 10.2 Å². The van der Waals surface area contributed by atoms with Crippen LogP contribution in [0, 0.1) is 5.92 Å². The molecule has 0 bridgehead atoms. The third-order valence-corrected chi connectivity index (χ3v) is 4.85. The summed E-state index contributed by atoms with van der Waals surface area (Å²) in [6.07, 6.45) is 1.94. The molecule has 0 aliphatic carbocycles. The Bertz CT molecular complexity index is 674. The lowest BCUT2D eigenvalue weighted by atomic mass is 9.92. The van der Waals surface area contributed by atoms with Crippen LogP contribution < -0.4 is 5.32 Å². The zero-order valence-electron chi connectivity index (χ0n) is 17.4. The van der Waals surface area contributed by atoms with Crippen molar-refractivity contribution in [2.45, 2.75) is 65.0 Å². The van der Waals surface area contributed by atoms with Crippen molar-refractivity contribution in [2.75, 3.05) is 13.1 Å². The molecule has 1 aromatic carbocycles. The smallest absolute Gasteiger partial charge is 0.410 e. The molecule has 1 aliphatic rings. The Hall–Kier alpha value is -2.37. The van der Waals surface area contributed by atoms with E-state index < -0.39 is 11.6 Å². The maximum atomic E-state index is 12.5. The molecule has 0 aromatic heterocycles. The van der Waals surface area contributed by atoms with Gasteiger partial charge < -0.3 is 15.0 Å². The van der Waals surface area contributed by atoms with Crippen LogP contribution in [0.2, 0.25) is 0 Å². The first-order chi connectivity index (χ1) is 13.2. The van der Waals surface area contributed by atoms with E-state index in [1.807, 2.05) is 51.1 Å². The maximum Gasteiger partial charge on any atom is 0.410 e. The van der Waals surface area contributed by atoms with Gasteiger partial charge >= 0.3 is 6.09 Å². The average Bonchev–Trinajstić information content (AvgIpc) is 2.65. The highest BCUT2D eigenvalue weighted by molar-refractivity contribution is 5.89. The normalized spacial score (nSPS) is 16.4. The minimum absolute atomic E-state index is 0.000653. The average molecular weight is 389 g/mol. The molecule has 2 rings (SSSR count). The predicted molar refractivity (Wildman–Crippen MR) is 108 cm³/mol. The van der Waals surface area contributed by atoms with Crippen LogP contribution in [0.25, 0.3) is 0 Å². The fourth-order valence-electron chi connectivity index (χ4n) is 3.33. The number of ketones is 1. The lowest BCUT2D eigenvalue weighted by molar-refractivity contribution is -0.128. The van der Waals surface area contributed by atoms with E-state index >= 15 is 0 Å². The molecule has 1 N–H and O–H groups in total. The summed E-state index contributed by atoms with van der Waals surface area (Å²) >= 11 is 0. The Morgan fingerprint density at radius 3 is 2.29 bits per heavy atom.